The Kier molecular flexibility index (Phi) is 7.23. The van der Waals surface area contributed by atoms with E-state index in [9.17, 15) is 13.2 Å². The first-order valence-electron chi connectivity index (χ1n) is 8.20. The van der Waals surface area contributed by atoms with Crippen LogP contribution in [0.3, 0.4) is 0 Å². The number of carbonyl (C=O) groups excluding carboxylic acids is 1. The van der Waals surface area contributed by atoms with Crippen molar-refractivity contribution in [2.45, 2.75) is 46.6 Å². The largest absolute Gasteiger partial charge is 0.352 e. The summed E-state index contributed by atoms with van der Waals surface area (Å²) in [6, 6.07) is 5.63. The highest BCUT2D eigenvalue weighted by Crippen LogP contribution is 2.25. The first-order valence-corrected chi connectivity index (χ1v) is 9.59. The minimum absolute atomic E-state index is 0.0556. The van der Waals surface area contributed by atoms with E-state index in [1.807, 2.05) is 39.8 Å². The Morgan fingerprint density at radius 1 is 1.17 bits per heavy atom. The summed E-state index contributed by atoms with van der Waals surface area (Å²) in [6.07, 6.45) is 1.62. The monoisotopic (exact) mass is 355 g/mol. The third-order valence-corrected chi connectivity index (χ3v) is 5.82. The lowest BCUT2D eigenvalue weighted by atomic mass is 10.1. The molecule has 1 amide bonds. The summed E-state index contributed by atoms with van der Waals surface area (Å²) in [5, 5.41) is 2.90. The maximum atomic E-state index is 12.7. The lowest BCUT2D eigenvalue weighted by Gasteiger charge is -2.29. The fraction of sp³-hybridized carbons (Fsp3) is 0.588. The number of amides is 1. The van der Waals surface area contributed by atoms with Crippen LogP contribution in [-0.2, 0) is 15.0 Å². The summed E-state index contributed by atoms with van der Waals surface area (Å²) in [5.41, 5.74) is 2.28. The predicted octanol–water partition coefficient (Wildman–Crippen LogP) is 2.22. The molecular weight excluding hydrogens is 326 g/mol. The van der Waals surface area contributed by atoms with Crippen molar-refractivity contribution < 1.29 is 13.2 Å². The van der Waals surface area contributed by atoms with Gasteiger partial charge in [-0.15, -0.1) is 0 Å². The van der Waals surface area contributed by atoms with Crippen LogP contribution in [0.2, 0.25) is 0 Å². The van der Waals surface area contributed by atoms with Crippen molar-refractivity contribution in [1.82, 2.24) is 9.62 Å². The number of carbonyl (C=O) groups is 1. The van der Waals surface area contributed by atoms with E-state index in [0.717, 1.165) is 28.3 Å². The van der Waals surface area contributed by atoms with E-state index in [2.05, 4.69) is 5.32 Å². The molecule has 0 radical (unpaired) electrons. The second-order valence-corrected chi connectivity index (χ2v) is 8.23. The molecule has 0 saturated heterocycles. The van der Waals surface area contributed by atoms with Gasteiger partial charge in [0.05, 0.1) is 5.69 Å². The van der Waals surface area contributed by atoms with E-state index < -0.39 is 10.2 Å². The van der Waals surface area contributed by atoms with Crippen LogP contribution in [0.15, 0.2) is 18.2 Å². The molecule has 1 aromatic rings. The van der Waals surface area contributed by atoms with Crippen molar-refractivity contribution in [2.24, 2.45) is 0 Å². The first-order chi connectivity index (χ1) is 11.1. The molecule has 0 aliphatic heterocycles. The van der Waals surface area contributed by atoms with Crippen LogP contribution in [0.1, 0.15) is 37.8 Å². The van der Waals surface area contributed by atoms with Gasteiger partial charge in [0.15, 0.2) is 0 Å². The zero-order valence-electron chi connectivity index (χ0n) is 15.5. The summed E-state index contributed by atoms with van der Waals surface area (Å²) in [6.45, 7) is 7.49. The maximum absolute atomic E-state index is 12.7. The minimum atomic E-state index is -3.77. The zero-order chi connectivity index (χ0) is 18.5. The van der Waals surface area contributed by atoms with Gasteiger partial charge in [-0.05, 0) is 43.9 Å². The third kappa shape index (κ3) is 4.95. The molecule has 0 fully saturated rings. The average molecular weight is 356 g/mol. The molecule has 0 spiro atoms. The fourth-order valence-electron chi connectivity index (χ4n) is 2.37. The minimum Gasteiger partial charge on any atom is -0.352 e. The number of benzene rings is 1. The zero-order valence-corrected chi connectivity index (χ0v) is 16.3. The average Bonchev–Trinajstić information content (AvgIpc) is 2.52. The van der Waals surface area contributed by atoms with E-state index in [4.69, 9.17) is 0 Å². The first kappa shape index (κ1) is 20.4. The van der Waals surface area contributed by atoms with Crippen molar-refractivity contribution in [3.05, 3.63) is 29.3 Å². The molecule has 0 aliphatic rings. The highest BCUT2D eigenvalue weighted by Gasteiger charge is 2.28. The van der Waals surface area contributed by atoms with E-state index in [0.29, 0.717) is 5.69 Å². The van der Waals surface area contributed by atoms with Gasteiger partial charge in [-0.3, -0.25) is 4.79 Å². The number of nitrogens with zero attached hydrogens (tertiary/aromatic N) is 2. The van der Waals surface area contributed by atoms with Gasteiger partial charge in [0.2, 0.25) is 5.91 Å². The molecule has 0 bridgehead atoms. The summed E-state index contributed by atoms with van der Waals surface area (Å²) >= 11 is 0. The van der Waals surface area contributed by atoms with E-state index in [-0.39, 0.29) is 18.5 Å². The van der Waals surface area contributed by atoms with Crippen LogP contribution in [-0.4, -0.2) is 45.3 Å². The van der Waals surface area contributed by atoms with Gasteiger partial charge >= 0.3 is 10.2 Å². The van der Waals surface area contributed by atoms with Crippen LogP contribution in [0.4, 0.5) is 5.69 Å². The molecule has 1 aromatic carbocycles. The van der Waals surface area contributed by atoms with Crippen LogP contribution in [0.25, 0.3) is 0 Å². The van der Waals surface area contributed by atoms with Crippen LogP contribution in [0.5, 0.6) is 0 Å². The molecule has 24 heavy (non-hydrogen) atoms. The molecule has 0 aliphatic carbocycles. The number of anilines is 1. The number of aryl methyl sites for hydroxylation is 2. The van der Waals surface area contributed by atoms with E-state index >= 15 is 0 Å². The Bertz CT molecular complexity index is 668. The Balaban J connectivity index is 3.21. The maximum Gasteiger partial charge on any atom is 0.304 e. The Labute approximate surface area is 146 Å². The Hall–Kier alpha value is -1.60. The molecule has 6 nitrogen and oxygen atoms in total. The number of hydrogen-bond donors (Lipinski definition) is 1. The van der Waals surface area contributed by atoms with Gasteiger partial charge < -0.3 is 5.32 Å². The van der Waals surface area contributed by atoms with Gasteiger partial charge in [0, 0.05) is 20.1 Å². The molecule has 0 heterocycles. The molecule has 7 heteroatoms. The SMILES string of the molecule is CCC(CC)NC(=O)CN(c1cc(C)ccc1C)S(=O)(=O)N(C)C. The quantitative estimate of drug-likeness (QED) is 0.777. The van der Waals surface area contributed by atoms with Crippen molar-refractivity contribution >= 4 is 21.8 Å². The lowest BCUT2D eigenvalue weighted by molar-refractivity contribution is -0.120. The predicted molar refractivity (Wildman–Crippen MR) is 98.4 cm³/mol. The van der Waals surface area contributed by atoms with Crippen molar-refractivity contribution in [2.75, 3.05) is 24.9 Å². The van der Waals surface area contributed by atoms with Crippen LogP contribution in [0, 0.1) is 13.8 Å². The van der Waals surface area contributed by atoms with Gasteiger partial charge in [-0.2, -0.15) is 12.7 Å². The third-order valence-electron chi connectivity index (χ3n) is 4.01. The molecular formula is C17H29N3O3S. The summed E-state index contributed by atoms with van der Waals surface area (Å²) in [7, 11) is -0.841. The molecule has 1 N–H and O–H groups in total. The van der Waals surface area contributed by atoms with Gasteiger partial charge in [0.1, 0.15) is 6.54 Å². The standard InChI is InChI=1S/C17H29N3O3S/c1-7-15(8-2)18-17(21)12-20(24(22,23)19(5)6)16-11-13(3)9-10-14(16)4/h9-11,15H,7-8,12H2,1-6H3,(H,18,21). The lowest BCUT2D eigenvalue weighted by Crippen LogP contribution is -2.47. The second-order valence-electron chi connectivity index (χ2n) is 6.17. The van der Waals surface area contributed by atoms with Gasteiger partial charge in [-0.25, -0.2) is 4.31 Å². The van der Waals surface area contributed by atoms with E-state index in [1.54, 1.807) is 6.07 Å². The van der Waals surface area contributed by atoms with Crippen molar-refractivity contribution in [1.29, 1.82) is 0 Å². The Morgan fingerprint density at radius 2 is 1.75 bits per heavy atom. The highest BCUT2D eigenvalue weighted by atomic mass is 32.2. The second kappa shape index (κ2) is 8.48. The molecule has 1 rings (SSSR count). The number of rotatable bonds is 8. The molecule has 136 valence electrons. The molecule has 0 unspecified atom stereocenters. The molecule has 0 aromatic heterocycles. The van der Waals surface area contributed by atoms with Crippen LogP contribution >= 0.6 is 0 Å². The molecule has 0 saturated carbocycles. The topological polar surface area (TPSA) is 69.7 Å². The molecule has 0 atom stereocenters. The Morgan fingerprint density at radius 3 is 2.25 bits per heavy atom. The van der Waals surface area contributed by atoms with Crippen molar-refractivity contribution in [3.8, 4) is 0 Å². The summed E-state index contributed by atoms with van der Waals surface area (Å²) in [5.74, 6) is -0.296. The van der Waals surface area contributed by atoms with Crippen LogP contribution < -0.4 is 9.62 Å². The normalized spacial score (nSPS) is 11.8. The van der Waals surface area contributed by atoms with Gasteiger partial charge in [-0.1, -0.05) is 26.0 Å². The summed E-state index contributed by atoms with van der Waals surface area (Å²) < 4.78 is 27.8. The number of nitrogens with one attached hydrogen (secondary N) is 1. The fourth-order valence-corrected chi connectivity index (χ4v) is 3.49. The highest BCUT2D eigenvalue weighted by molar-refractivity contribution is 7.90. The van der Waals surface area contributed by atoms with Crippen molar-refractivity contribution in [3.63, 3.8) is 0 Å². The smallest absolute Gasteiger partial charge is 0.304 e. The van der Waals surface area contributed by atoms with E-state index in [1.165, 1.54) is 18.4 Å². The number of hydrogen-bond acceptors (Lipinski definition) is 3. The summed E-state index contributed by atoms with van der Waals surface area (Å²) in [4.78, 5) is 12.4. The van der Waals surface area contributed by atoms with Gasteiger partial charge in [0.25, 0.3) is 0 Å².